The van der Waals surface area contributed by atoms with Crippen molar-refractivity contribution in [3.63, 3.8) is 0 Å². The van der Waals surface area contributed by atoms with Gasteiger partial charge in [0.2, 0.25) is 0 Å². The van der Waals surface area contributed by atoms with Crippen molar-refractivity contribution in [1.82, 2.24) is 10.6 Å². The summed E-state index contributed by atoms with van der Waals surface area (Å²) >= 11 is 5.20. The molecule has 5 nitrogen and oxygen atoms in total. The molecular weight excluding hydrogens is 336 g/mol. The average Bonchev–Trinajstić information content (AvgIpc) is 2.60. The molecule has 3 N–H and O–H groups in total. The molecule has 2 aromatic rings. The number of carbonyl (C=O) groups excluding carboxylic acids is 1. The Morgan fingerprint density at radius 2 is 1.96 bits per heavy atom. The molecule has 1 aliphatic rings. The molecule has 0 saturated carbocycles. The smallest absolute Gasteiger partial charge is 0.338 e. The maximum Gasteiger partial charge on any atom is 0.338 e. The summed E-state index contributed by atoms with van der Waals surface area (Å²) in [4.78, 5) is 12.7. The van der Waals surface area contributed by atoms with Crippen molar-refractivity contribution in [2.75, 3.05) is 0 Å². The Kier molecular flexibility index (Phi) is 5.00. The maximum atomic E-state index is 12.7. The summed E-state index contributed by atoms with van der Waals surface area (Å²) in [6, 6.07) is 15.7. The van der Waals surface area contributed by atoms with Gasteiger partial charge in [0.1, 0.15) is 12.4 Å². The van der Waals surface area contributed by atoms with Crippen molar-refractivity contribution in [1.29, 1.82) is 0 Å². The number of allylic oxidation sites excluding steroid dienone is 1. The SMILES string of the molecule is CC1=C(C(=O)OCc2ccccc2)C(c2cccc(O)c2)NC(=S)N1. The summed E-state index contributed by atoms with van der Waals surface area (Å²) in [6.07, 6.45) is 0. The molecule has 0 aromatic heterocycles. The van der Waals surface area contributed by atoms with Gasteiger partial charge in [-0.15, -0.1) is 0 Å². The lowest BCUT2D eigenvalue weighted by molar-refractivity contribution is -0.140. The number of ether oxygens (including phenoxy) is 1. The summed E-state index contributed by atoms with van der Waals surface area (Å²) < 4.78 is 5.47. The fourth-order valence-electron chi connectivity index (χ4n) is 2.72. The summed E-state index contributed by atoms with van der Waals surface area (Å²) in [7, 11) is 0. The molecule has 0 bridgehead atoms. The highest BCUT2D eigenvalue weighted by atomic mass is 32.1. The predicted molar refractivity (Wildman–Crippen MR) is 98.7 cm³/mol. The van der Waals surface area contributed by atoms with Gasteiger partial charge in [-0.05, 0) is 42.4 Å². The van der Waals surface area contributed by atoms with Gasteiger partial charge in [0.25, 0.3) is 0 Å². The van der Waals surface area contributed by atoms with Crippen molar-refractivity contribution < 1.29 is 14.6 Å². The Balaban J connectivity index is 1.85. The van der Waals surface area contributed by atoms with Crippen LogP contribution >= 0.6 is 12.2 Å². The second-order valence-electron chi connectivity index (χ2n) is 5.73. The molecule has 0 radical (unpaired) electrons. The van der Waals surface area contributed by atoms with Crippen LogP contribution in [0.25, 0.3) is 0 Å². The van der Waals surface area contributed by atoms with Crippen LogP contribution in [0.1, 0.15) is 24.1 Å². The van der Waals surface area contributed by atoms with Crippen LogP contribution < -0.4 is 10.6 Å². The normalized spacial score (nSPS) is 16.8. The molecule has 128 valence electrons. The first-order chi connectivity index (χ1) is 12.0. The van der Waals surface area contributed by atoms with E-state index >= 15 is 0 Å². The minimum absolute atomic E-state index is 0.124. The topological polar surface area (TPSA) is 70.6 Å². The first kappa shape index (κ1) is 17.0. The zero-order chi connectivity index (χ0) is 17.8. The fourth-order valence-corrected chi connectivity index (χ4v) is 2.99. The number of carbonyl (C=O) groups is 1. The van der Waals surface area contributed by atoms with E-state index in [1.165, 1.54) is 0 Å². The minimum atomic E-state index is -0.482. The van der Waals surface area contributed by atoms with E-state index in [4.69, 9.17) is 17.0 Å². The van der Waals surface area contributed by atoms with Crippen LogP contribution in [-0.2, 0) is 16.1 Å². The van der Waals surface area contributed by atoms with E-state index in [2.05, 4.69) is 10.6 Å². The first-order valence-electron chi connectivity index (χ1n) is 7.83. The Morgan fingerprint density at radius 1 is 1.20 bits per heavy atom. The highest BCUT2D eigenvalue weighted by Gasteiger charge is 2.31. The number of rotatable bonds is 4. The Bertz CT molecular complexity index is 834. The maximum absolute atomic E-state index is 12.7. The number of thiocarbonyl (C=S) groups is 1. The van der Waals surface area contributed by atoms with E-state index in [1.807, 2.05) is 36.4 Å². The van der Waals surface area contributed by atoms with Gasteiger partial charge in [-0.1, -0.05) is 42.5 Å². The number of phenolic OH excluding ortho intramolecular Hbond substituents is 1. The zero-order valence-electron chi connectivity index (χ0n) is 13.7. The van der Waals surface area contributed by atoms with E-state index in [-0.39, 0.29) is 12.4 Å². The molecular formula is C19H18N2O3S. The van der Waals surface area contributed by atoms with Gasteiger partial charge in [-0.3, -0.25) is 0 Å². The Morgan fingerprint density at radius 3 is 2.68 bits per heavy atom. The Hall–Kier alpha value is -2.86. The predicted octanol–water partition coefficient (Wildman–Crippen LogP) is 2.93. The second-order valence-corrected chi connectivity index (χ2v) is 6.14. The lowest BCUT2D eigenvalue weighted by Crippen LogP contribution is -2.45. The lowest BCUT2D eigenvalue weighted by Gasteiger charge is -2.30. The van der Waals surface area contributed by atoms with Crippen molar-refractivity contribution in [2.45, 2.75) is 19.6 Å². The minimum Gasteiger partial charge on any atom is -0.508 e. The largest absolute Gasteiger partial charge is 0.508 e. The number of aromatic hydroxyl groups is 1. The van der Waals surface area contributed by atoms with Crippen molar-refractivity contribution in [3.05, 3.63) is 77.0 Å². The molecule has 1 aliphatic heterocycles. The number of hydrogen-bond acceptors (Lipinski definition) is 4. The van der Waals surface area contributed by atoms with Gasteiger partial charge >= 0.3 is 5.97 Å². The van der Waals surface area contributed by atoms with E-state index in [0.717, 1.165) is 11.1 Å². The average molecular weight is 354 g/mol. The van der Waals surface area contributed by atoms with Crippen molar-refractivity contribution >= 4 is 23.3 Å². The lowest BCUT2D eigenvalue weighted by atomic mass is 9.95. The molecule has 1 atom stereocenters. The van der Waals surface area contributed by atoms with E-state index < -0.39 is 12.0 Å². The van der Waals surface area contributed by atoms with Crippen LogP contribution in [0.3, 0.4) is 0 Å². The summed E-state index contributed by atoms with van der Waals surface area (Å²) in [5.41, 5.74) is 2.72. The van der Waals surface area contributed by atoms with Crippen LogP contribution in [-0.4, -0.2) is 16.2 Å². The zero-order valence-corrected chi connectivity index (χ0v) is 14.5. The molecule has 3 rings (SSSR count). The van der Waals surface area contributed by atoms with E-state index in [9.17, 15) is 9.90 Å². The number of benzene rings is 2. The van der Waals surface area contributed by atoms with Crippen LogP contribution in [0.5, 0.6) is 5.75 Å². The standard InChI is InChI=1S/C19H18N2O3S/c1-12-16(18(23)24-11-13-6-3-2-4-7-13)17(21-19(25)20-12)14-8-5-9-15(22)10-14/h2-10,17,22H,11H2,1H3,(H2,20,21,25). The second kappa shape index (κ2) is 7.36. The molecule has 0 saturated heterocycles. The number of nitrogens with one attached hydrogen (secondary N) is 2. The molecule has 1 unspecified atom stereocenters. The van der Waals surface area contributed by atoms with E-state index in [1.54, 1.807) is 25.1 Å². The molecule has 0 fully saturated rings. The summed E-state index contributed by atoms with van der Waals surface area (Å²) in [5.74, 6) is -0.310. The van der Waals surface area contributed by atoms with E-state index in [0.29, 0.717) is 16.4 Å². The van der Waals surface area contributed by atoms with Gasteiger partial charge in [0, 0.05) is 5.70 Å². The quantitative estimate of drug-likeness (QED) is 0.579. The molecule has 6 heteroatoms. The van der Waals surface area contributed by atoms with Gasteiger partial charge in [0.15, 0.2) is 5.11 Å². The molecule has 0 aliphatic carbocycles. The van der Waals surface area contributed by atoms with Crippen molar-refractivity contribution in [3.8, 4) is 5.75 Å². The van der Waals surface area contributed by atoms with Crippen LogP contribution in [0.2, 0.25) is 0 Å². The number of hydrogen-bond donors (Lipinski definition) is 3. The summed E-state index contributed by atoms with van der Waals surface area (Å²) in [6.45, 7) is 1.97. The molecule has 2 aromatic carbocycles. The number of phenols is 1. The summed E-state index contributed by atoms with van der Waals surface area (Å²) in [5, 5.41) is 16.2. The molecule has 25 heavy (non-hydrogen) atoms. The van der Waals surface area contributed by atoms with Gasteiger partial charge in [-0.25, -0.2) is 4.79 Å². The first-order valence-corrected chi connectivity index (χ1v) is 8.23. The highest BCUT2D eigenvalue weighted by molar-refractivity contribution is 7.80. The number of esters is 1. The molecule has 1 heterocycles. The monoisotopic (exact) mass is 354 g/mol. The molecule has 0 amide bonds. The third-order valence-electron chi connectivity index (χ3n) is 3.91. The van der Waals surface area contributed by atoms with Crippen LogP contribution in [0, 0.1) is 0 Å². The third-order valence-corrected chi connectivity index (χ3v) is 4.13. The molecule has 0 spiro atoms. The van der Waals surface area contributed by atoms with Crippen LogP contribution in [0.4, 0.5) is 0 Å². The van der Waals surface area contributed by atoms with Gasteiger partial charge in [0.05, 0.1) is 11.6 Å². The highest BCUT2D eigenvalue weighted by Crippen LogP contribution is 2.29. The Labute approximate surface area is 151 Å². The third kappa shape index (κ3) is 3.97. The van der Waals surface area contributed by atoms with Gasteiger partial charge in [-0.2, -0.15) is 0 Å². The fraction of sp³-hybridized carbons (Fsp3) is 0.158. The van der Waals surface area contributed by atoms with Gasteiger partial charge < -0.3 is 20.5 Å². The van der Waals surface area contributed by atoms with Crippen LogP contribution in [0.15, 0.2) is 65.9 Å². The van der Waals surface area contributed by atoms with Crippen molar-refractivity contribution in [2.24, 2.45) is 0 Å².